The molecule has 0 amide bonds. The number of nitrogens with zero attached hydrogens (tertiary/aromatic N) is 2. The maximum absolute atomic E-state index is 11.1. The van der Waals surface area contributed by atoms with Gasteiger partial charge in [0.2, 0.25) is 0 Å². The van der Waals surface area contributed by atoms with Crippen LogP contribution in [0.5, 0.6) is 0 Å². The molecule has 1 atom stereocenters. The topological polar surface area (TPSA) is 72.2 Å². The van der Waals surface area contributed by atoms with E-state index in [0.717, 1.165) is 6.26 Å². The number of hydrogen-bond acceptors (Lipinski definition) is 4. The molecule has 1 heterocycles. The van der Waals surface area contributed by atoms with Crippen molar-refractivity contribution in [1.82, 2.24) is 9.78 Å². The highest BCUT2D eigenvalue weighted by atomic mass is 35.5. The number of hydrogen-bond donors (Lipinski definition) is 1. The Morgan fingerprint density at radius 2 is 2.12 bits per heavy atom. The van der Waals surface area contributed by atoms with Crippen LogP contribution in [0.4, 0.5) is 0 Å². The molecule has 1 N–H and O–H groups in total. The van der Waals surface area contributed by atoms with Gasteiger partial charge in [0.1, 0.15) is 9.84 Å². The fourth-order valence-corrected chi connectivity index (χ4v) is 2.72. The van der Waals surface area contributed by atoms with Gasteiger partial charge >= 0.3 is 0 Å². The van der Waals surface area contributed by atoms with Crippen molar-refractivity contribution in [2.45, 2.75) is 32.9 Å². The molecule has 0 saturated carbocycles. The molecule has 7 heteroatoms. The first-order valence-electron chi connectivity index (χ1n) is 5.32. The number of aliphatic hydroxyl groups is 1. The second-order valence-corrected chi connectivity index (χ2v) is 6.68. The summed E-state index contributed by atoms with van der Waals surface area (Å²) in [6.45, 7) is 4.32. The Morgan fingerprint density at radius 1 is 1.53 bits per heavy atom. The minimum absolute atomic E-state index is 0.195. The molecule has 0 aromatic carbocycles. The lowest BCUT2D eigenvalue weighted by molar-refractivity contribution is 0.195. The SMILES string of the molecule is CCn1nc(C)c(Cl)c1CC(O)CS(C)(=O)=O. The number of aryl methyl sites for hydroxylation is 2. The van der Waals surface area contributed by atoms with Gasteiger partial charge < -0.3 is 5.11 Å². The average molecular weight is 281 g/mol. The van der Waals surface area contributed by atoms with Crippen LogP contribution in [0, 0.1) is 6.92 Å². The molecule has 0 aliphatic heterocycles. The van der Waals surface area contributed by atoms with Crippen LogP contribution in [0.2, 0.25) is 5.02 Å². The van der Waals surface area contributed by atoms with Crippen molar-refractivity contribution in [1.29, 1.82) is 0 Å². The molecule has 98 valence electrons. The molecule has 0 aliphatic carbocycles. The lowest BCUT2D eigenvalue weighted by atomic mass is 10.2. The molecule has 5 nitrogen and oxygen atoms in total. The standard InChI is InChI=1S/C10H17ClN2O3S/c1-4-13-9(10(11)7(2)12-13)5-8(14)6-17(3,15)16/h8,14H,4-6H2,1-3H3. The Hall–Kier alpha value is -0.590. The molecule has 0 fully saturated rings. The summed E-state index contributed by atoms with van der Waals surface area (Å²) >= 11 is 6.06. The number of halogens is 1. The van der Waals surface area contributed by atoms with Crippen LogP contribution >= 0.6 is 11.6 Å². The molecular weight excluding hydrogens is 264 g/mol. The molecule has 0 saturated heterocycles. The van der Waals surface area contributed by atoms with Gasteiger partial charge in [-0.25, -0.2) is 8.42 Å². The maximum Gasteiger partial charge on any atom is 0.150 e. The zero-order valence-corrected chi connectivity index (χ0v) is 11.7. The van der Waals surface area contributed by atoms with Crippen molar-refractivity contribution in [3.05, 3.63) is 16.4 Å². The van der Waals surface area contributed by atoms with Crippen molar-refractivity contribution in [3.63, 3.8) is 0 Å². The van der Waals surface area contributed by atoms with Gasteiger partial charge in [-0.15, -0.1) is 0 Å². The van der Waals surface area contributed by atoms with Crippen LogP contribution in [-0.2, 0) is 22.8 Å². The van der Waals surface area contributed by atoms with E-state index in [0.29, 0.717) is 23.0 Å². The van der Waals surface area contributed by atoms with Crippen LogP contribution < -0.4 is 0 Å². The van der Waals surface area contributed by atoms with Gasteiger partial charge in [0.15, 0.2) is 0 Å². The summed E-state index contributed by atoms with van der Waals surface area (Å²) in [7, 11) is -3.19. The third-order valence-corrected chi connectivity index (χ3v) is 3.86. The van der Waals surface area contributed by atoms with Crippen molar-refractivity contribution >= 4 is 21.4 Å². The fourth-order valence-electron chi connectivity index (χ4n) is 1.70. The molecule has 0 radical (unpaired) electrons. The summed E-state index contributed by atoms with van der Waals surface area (Å²) in [6, 6.07) is 0. The lowest BCUT2D eigenvalue weighted by Crippen LogP contribution is -2.23. The molecule has 1 unspecified atom stereocenters. The first-order valence-corrected chi connectivity index (χ1v) is 7.76. The Kier molecular flexibility index (Phi) is 4.57. The van der Waals surface area contributed by atoms with E-state index in [1.807, 2.05) is 6.92 Å². The normalized spacial score (nSPS) is 13.9. The quantitative estimate of drug-likeness (QED) is 0.866. The van der Waals surface area contributed by atoms with E-state index in [9.17, 15) is 13.5 Å². The van der Waals surface area contributed by atoms with Gasteiger partial charge in [0, 0.05) is 19.2 Å². The lowest BCUT2D eigenvalue weighted by Gasteiger charge is -2.11. The summed E-state index contributed by atoms with van der Waals surface area (Å²) in [5, 5.41) is 14.4. The summed E-state index contributed by atoms with van der Waals surface area (Å²) in [5.74, 6) is -0.267. The smallest absolute Gasteiger partial charge is 0.150 e. The highest BCUT2D eigenvalue weighted by Crippen LogP contribution is 2.21. The third-order valence-electron chi connectivity index (χ3n) is 2.38. The summed E-state index contributed by atoms with van der Waals surface area (Å²) in [6.07, 6.45) is 0.338. The number of sulfone groups is 1. The number of aromatic nitrogens is 2. The zero-order chi connectivity index (χ0) is 13.2. The maximum atomic E-state index is 11.1. The Labute approximate surface area is 106 Å². The molecule has 0 aliphatic rings. The van der Waals surface area contributed by atoms with Gasteiger partial charge in [-0.05, 0) is 13.8 Å². The second-order valence-electron chi connectivity index (χ2n) is 4.11. The Bertz CT molecular complexity index is 496. The highest BCUT2D eigenvalue weighted by molar-refractivity contribution is 7.90. The van der Waals surface area contributed by atoms with E-state index < -0.39 is 15.9 Å². The van der Waals surface area contributed by atoms with Crippen LogP contribution in [0.3, 0.4) is 0 Å². The fraction of sp³-hybridized carbons (Fsp3) is 0.700. The predicted octanol–water partition coefficient (Wildman–Crippen LogP) is 0.813. The predicted molar refractivity (Wildman–Crippen MR) is 67.1 cm³/mol. The molecule has 1 aromatic heterocycles. The summed E-state index contributed by atoms with van der Waals surface area (Å²) in [5.41, 5.74) is 1.37. The van der Waals surface area contributed by atoms with E-state index in [2.05, 4.69) is 5.10 Å². The molecule has 1 rings (SSSR count). The van der Waals surface area contributed by atoms with Gasteiger partial charge in [-0.3, -0.25) is 4.68 Å². The first-order chi connectivity index (χ1) is 7.74. The second kappa shape index (κ2) is 5.37. The van der Waals surface area contributed by atoms with Crippen molar-refractivity contribution in [2.75, 3.05) is 12.0 Å². The zero-order valence-electron chi connectivity index (χ0n) is 10.1. The van der Waals surface area contributed by atoms with Crippen molar-refractivity contribution in [3.8, 4) is 0 Å². The molecule has 0 bridgehead atoms. The Morgan fingerprint density at radius 3 is 2.59 bits per heavy atom. The number of aliphatic hydroxyl groups excluding tert-OH is 1. The largest absolute Gasteiger partial charge is 0.392 e. The van der Waals surface area contributed by atoms with Crippen LogP contribution in [0.1, 0.15) is 18.3 Å². The van der Waals surface area contributed by atoms with Gasteiger partial charge in [0.25, 0.3) is 0 Å². The highest BCUT2D eigenvalue weighted by Gasteiger charge is 2.19. The molecule has 17 heavy (non-hydrogen) atoms. The number of rotatable bonds is 5. The summed E-state index contributed by atoms with van der Waals surface area (Å²) in [4.78, 5) is 0. The van der Waals surface area contributed by atoms with Crippen LogP contribution in [0.25, 0.3) is 0 Å². The summed E-state index contributed by atoms with van der Waals surface area (Å²) < 4.78 is 23.8. The van der Waals surface area contributed by atoms with E-state index in [1.165, 1.54) is 0 Å². The molecular formula is C10H17ClN2O3S. The minimum atomic E-state index is -3.19. The van der Waals surface area contributed by atoms with Gasteiger partial charge in [-0.2, -0.15) is 5.10 Å². The van der Waals surface area contributed by atoms with E-state index in [1.54, 1.807) is 11.6 Å². The minimum Gasteiger partial charge on any atom is -0.392 e. The monoisotopic (exact) mass is 280 g/mol. The van der Waals surface area contributed by atoms with Crippen LogP contribution in [0.15, 0.2) is 0 Å². The van der Waals surface area contributed by atoms with Crippen LogP contribution in [-0.4, -0.2) is 41.4 Å². The van der Waals surface area contributed by atoms with Crippen molar-refractivity contribution in [2.24, 2.45) is 0 Å². The van der Waals surface area contributed by atoms with E-state index >= 15 is 0 Å². The Balaban J connectivity index is 2.88. The van der Waals surface area contributed by atoms with E-state index in [4.69, 9.17) is 11.6 Å². The first kappa shape index (κ1) is 14.5. The van der Waals surface area contributed by atoms with Crippen molar-refractivity contribution < 1.29 is 13.5 Å². The average Bonchev–Trinajstić information content (AvgIpc) is 2.42. The van der Waals surface area contributed by atoms with Gasteiger partial charge in [0.05, 0.1) is 28.3 Å². The van der Waals surface area contributed by atoms with Gasteiger partial charge in [-0.1, -0.05) is 11.6 Å². The third kappa shape index (κ3) is 3.97. The van der Waals surface area contributed by atoms with E-state index in [-0.39, 0.29) is 12.2 Å². The molecule has 1 aromatic rings. The molecule has 0 spiro atoms.